The van der Waals surface area contributed by atoms with Crippen LogP contribution in [0.1, 0.15) is 27.6 Å². The molecule has 6 aromatic rings. The van der Waals surface area contributed by atoms with E-state index in [2.05, 4.69) is 46.0 Å². The summed E-state index contributed by atoms with van der Waals surface area (Å²) in [5.74, 6) is -2.25. The molecule has 21 nitrogen and oxygen atoms in total. The number of aromatic carboxylic acids is 2. The molecule has 5 aromatic carbocycles. The fourth-order valence-corrected chi connectivity index (χ4v) is 6.73. The van der Waals surface area contributed by atoms with E-state index in [4.69, 9.17) is 4.84 Å². The zero-order valence-electron chi connectivity index (χ0n) is 30.5. The van der Waals surface area contributed by atoms with Crippen molar-refractivity contribution in [3.63, 3.8) is 0 Å². The number of hydroxylamine groups is 1. The van der Waals surface area contributed by atoms with Crippen LogP contribution in [0.5, 0.6) is 0 Å². The number of benzene rings is 5. The minimum atomic E-state index is -4.84. The molecule has 0 bridgehead atoms. The Morgan fingerprint density at radius 2 is 1.10 bits per heavy atom. The normalized spacial score (nSPS) is 11.9. The first-order chi connectivity index (χ1) is 28.0. The van der Waals surface area contributed by atoms with Crippen molar-refractivity contribution in [3.05, 3.63) is 108 Å². The first kappa shape index (κ1) is 41.3. The van der Waals surface area contributed by atoms with Crippen LogP contribution in [0.2, 0.25) is 0 Å². The molecule has 0 spiro atoms. The van der Waals surface area contributed by atoms with Crippen LogP contribution in [-0.2, 0) is 25.1 Å². The molecule has 0 saturated heterocycles. The molecule has 0 radical (unpaired) electrons. The number of carbonyl (C=O) groups is 2. The molecule has 0 aliphatic rings. The third-order valence-corrected chi connectivity index (χ3v) is 9.71. The Morgan fingerprint density at radius 3 is 1.56 bits per heavy atom. The van der Waals surface area contributed by atoms with Crippen molar-refractivity contribution in [2.24, 2.45) is 20.5 Å². The number of carboxylic acids is 2. The van der Waals surface area contributed by atoms with Crippen molar-refractivity contribution in [3.8, 4) is 0 Å². The molecule has 23 heteroatoms. The number of carboxylic acid groups (broad SMARTS) is 2. The van der Waals surface area contributed by atoms with E-state index in [1.54, 1.807) is 62.5 Å². The largest absolute Gasteiger partial charge is 0.478 e. The van der Waals surface area contributed by atoms with E-state index in [0.29, 0.717) is 29.4 Å². The number of azo groups is 2. The number of aromatic nitrogens is 3. The summed E-state index contributed by atoms with van der Waals surface area (Å²) in [5.41, 5.74) is 1.11. The van der Waals surface area contributed by atoms with Gasteiger partial charge in [0, 0.05) is 29.2 Å². The van der Waals surface area contributed by atoms with Gasteiger partial charge in [0.1, 0.15) is 9.79 Å². The molecular weight excluding hydrogens is 813 g/mol. The number of nitrogens with one attached hydrogen (secondary N) is 2. The number of hydrogen-bond acceptors (Lipinski definition) is 17. The van der Waals surface area contributed by atoms with Gasteiger partial charge < -0.3 is 20.8 Å². The number of anilines is 5. The fraction of sp³-hybridized carbons (Fsp3) is 0.0833. The first-order valence-electron chi connectivity index (χ1n) is 16.8. The van der Waals surface area contributed by atoms with E-state index in [9.17, 15) is 45.7 Å². The first-order valence-corrected chi connectivity index (χ1v) is 19.7. The van der Waals surface area contributed by atoms with Crippen LogP contribution in [0, 0.1) is 0 Å². The minimum Gasteiger partial charge on any atom is -0.478 e. The summed E-state index contributed by atoms with van der Waals surface area (Å²) in [6.07, 6.45) is 0. The third kappa shape index (κ3) is 10.4. The number of nitrogens with zero attached hydrogens (tertiary/aromatic N) is 8. The summed E-state index contributed by atoms with van der Waals surface area (Å²) in [6, 6.07) is 22.0. The highest BCUT2D eigenvalue weighted by molar-refractivity contribution is 7.86. The molecule has 59 heavy (non-hydrogen) atoms. The van der Waals surface area contributed by atoms with Crippen molar-refractivity contribution in [1.82, 2.24) is 15.0 Å². The maximum atomic E-state index is 12.2. The summed E-state index contributed by atoms with van der Waals surface area (Å²) in [4.78, 5) is 40.4. The zero-order chi connectivity index (χ0) is 42.5. The van der Waals surface area contributed by atoms with Crippen LogP contribution >= 0.6 is 0 Å². The molecule has 0 atom stereocenters. The van der Waals surface area contributed by atoms with E-state index in [0.717, 1.165) is 18.2 Å². The van der Waals surface area contributed by atoms with Crippen LogP contribution in [0.3, 0.4) is 0 Å². The van der Waals surface area contributed by atoms with Gasteiger partial charge in [-0.3, -0.25) is 13.9 Å². The van der Waals surface area contributed by atoms with Gasteiger partial charge in [-0.15, -0.1) is 0 Å². The van der Waals surface area contributed by atoms with Gasteiger partial charge in [-0.2, -0.15) is 52.2 Å². The Labute approximate surface area is 334 Å². The quantitative estimate of drug-likeness (QED) is 0.0329. The lowest BCUT2D eigenvalue weighted by atomic mass is 10.1. The van der Waals surface area contributed by atoms with Crippen molar-refractivity contribution in [2.75, 3.05) is 29.4 Å². The lowest BCUT2D eigenvalue weighted by Gasteiger charge is -2.17. The molecule has 6 N–H and O–H groups in total. The monoisotopic (exact) mass is 842 g/mol. The molecule has 1 heterocycles. The molecule has 0 aliphatic carbocycles. The van der Waals surface area contributed by atoms with Crippen LogP contribution in [0.25, 0.3) is 10.8 Å². The highest BCUT2D eigenvalue weighted by Gasteiger charge is 2.21. The summed E-state index contributed by atoms with van der Waals surface area (Å²) in [7, 11) is -8.00. The van der Waals surface area contributed by atoms with E-state index >= 15 is 0 Å². The Kier molecular flexibility index (Phi) is 11.9. The molecule has 6 rings (SSSR count). The molecular formula is C36H30N10O11S2. The molecule has 0 fully saturated rings. The molecule has 302 valence electrons. The Morgan fingerprint density at radius 1 is 0.627 bits per heavy atom. The van der Waals surface area contributed by atoms with E-state index < -0.39 is 42.0 Å². The average Bonchev–Trinajstić information content (AvgIpc) is 3.19. The van der Waals surface area contributed by atoms with Crippen molar-refractivity contribution in [2.45, 2.75) is 16.7 Å². The number of hydrogen-bond donors (Lipinski definition) is 6. The van der Waals surface area contributed by atoms with Crippen LogP contribution in [0.4, 0.5) is 52.0 Å². The topological polar surface area (TPSA) is 308 Å². The third-order valence-electron chi connectivity index (χ3n) is 7.91. The summed E-state index contributed by atoms with van der Waals surface area (Å²) >= 11 is 0. The molecule has 0 saturated carbocycles. The SMILES string of the molecule is CCON(C)c1nc(Nc2ccc(/N=N/c3cc(C(=O)O)cc(C(=O)O)c3)cc2)nc(Nc2ccc(/N=N/c3cc(S(=O)(=O)O)c4cccc(S(=O)(=O)O)c4c3)cc2)n1. The lowest BCUT2D eigenvalue weighted by Crippen LogP contribution is -2.21. The second kappa shape index (κ2) is 17.0. The molecule has 0 amide bonds. The van der Waals surface area contributed by atoms with Gasteiger partial charge in [-0.25, -0.2) is 14.7 Å². The maximum Gasteiger partial charge on any atom is 0.335 e. The smallest absolute Gasteiger partial charge is 0.335 e. The number of rotatable bonds is 15. The van der Waals surface area contributed by atoms with Crippen molar-refractivity contribution < 1.29 is 50.6 Å². The van der Waals surface area contributed by atoms with Crippen molar-refractivity contribution >= 4 is 94.9 Å². The van der Waals surface area contributed by atoms with Gasteiger partial charge >= 0.3 is 11.9 Å². The lowest BCUT2D eigenvalue weighted by molar-refractivity contribution is 0.0696. The molecule has 0 aliphatic heterocycles. The van der Waals surface area contributed by atoms with Crippen molar-refractivity contribution in [1.29, 1.82) is 0 Å². The van der Waals surface area contributed by atoms with E-state index in [-0.39, 0.29) is 51.1 Å². The molecule has 1 aromatic heterocycles. The summed E-state index contributed by atoms with van der Waals surface area (Å²) < 4.78 is 67.8. The highest BCUT2D eigenvalue weighted by atomic mass is 32.2. The van der Waals surface area contributed by atoms with Crippen LogP contribution < -0.4 is 15.7 Å². The second-order valence-corrected chi connectivity index (χ2v) is 14.8. The standard InChI is InChI=1S/C36H30N10O11S2/c1-3-57-46(2)36-40-34(37-22-7-11-24(12-8-22)42-44-26-16-20(32(47)48)15-21(17-26)33(49)50)39-35(41-36)38-23-9-13-25(14-10-23)43-45-27-18-29-28(31(19-27)59(54,55)56)5-4-6-30(29)58(51,52)53/h4-19H,3H2,1-2H3,(H,47,48)(H,49,50)(H,51,52,53)(H,54,55,56)(H2,37,38,39,40,41)/b44-42+,45-43+. The van der Waals surface area contributed by atoms with Gasteiger partial charge in [0.25, 0.3) is 26.2 Å². The van der Waals surface area contributed by atoms with E-state index in [1.165, 1.54) is 35.4 Å². The Hall–Kier alpha value is -7.31. The second-order valence-electron chi connectivity index (χ2n) is 12.1. The van der Waals surface area contributed by atoms with Gasteiger partial charge in [0.15, 0.2) is 0 Å². The van der Waals surface area contributed by atoms with Gasteiger partial charge in [0.2, 0.25) is 11.9 Å². The summed E-state index contributed by atoms with van der Waals surface area (Å²) in [6.45, 7) is 2.10. The van der Waals surface area contributed by atoms with E-state index in [1.807, 2.05) is 0 Å². The minimum absolute atomic E-state index is 0.0386. The van der Waals surface area contributed by atoms with Crippen LogP contribution in [0.15, 0.2) is 127 Å². The predicted octanol–water partition coefficient (Wildman–Crippen LogP) is 7.62. The zero-order valence-corrected chi connectivity index (χ0v) is 32.1. The fourth-order valence-electron chi connectivity index (χ4n) is 5.30. The highest BCUT2D eigenvalue weighted by Crippen LogP contribution is 2.34. The van der Waals surface area contributed by atoms with Gasteiger partial charge in [-0.1, -0.05) is 12.1 Å². The number of fused-ring (bicyclic) bond motifs is 1. The average molecular weight is 843 g/mol. The molecule has 0 unspecified atom stereocenters. The van der Waals surface area contributed by atoms with Gasteiger partial charge in [0.05, 0.1) is 40.5 Å². The maximum absolute atomic E-state index is 12.2. The summed E-state index contributed by atoms with van der Waals surface area (Å²) in [5, 5.41) is 41.9. The predicted molar refractivity (Wildman–Crippen MR) is 212 cm³/mol. The Bertz CT molecular complexity index is 2840. The van der Waals surface area contributed by atoms with Gasteiger partial charge in [-0.05, 0) is 91.9 Å². The van der Waals surface area contributed by atoms with Crippen LogP contribution in [-0.4, -0.2) is 76.7 Å². The Balaban J connectivity index is 1.20.